The highest BCUT2D eigenvalue weighted by Crippen LogP contribution is 2.24. The minimum Gasteiger partial charge on any atom is -0.354 e. The first-order valence-electron chi connectivity index (χ1n) is 9.11. The molecule has 2 amide bonds. The van der Waals surface area contributed by atoms with Crippen LogP contribution in [0.5, 0.6) is 0 Å². The molecule has 0 saturated carbocycles. The SMILES string of the molecule is O=C(NC1CCCCNC1=O)c1cc(-c2ccncc2)nc2ccccc12. The van der Waals surface area contributed by atoms with Crippen LogP contribution in [0.2, 0.25) is 0 Å². The summed E-state index contributed by atoms with van der Waals surface area (Å²) in [7, 11) is 0. The zero-order valence-electron chi connectivity index (χ0n) is 14.8. The van der Waals surface area contributed by atoms with Crippen molar-refractivity contribution in [1.29, 1.82) is 0 Å². The molecule has 4 rings (SSSR count). The molecule has 1 saturated heterocycles. The summed E-state index contributed by atoms with van der Waals surface area (Å²) in [6.45, 7) is 0.662. The number of para-hydroxylation sites is 1. The van der Waals surface area contributed by atoms with Gasteiger partial charge in [-0.15, -0.1) is 0 Å². The first kappa shape index (κ1) is 17.1. The highest BCUT2D eigenvalue weighted by Gasteiger charge is 2.24. The van der Waals surface area contributed by atoms with Gasteiger partial charge in [-0.2, -0.15) is 0 Å². The van der Waals surface area contributed by atoms with Crippen LogP contribution in [-0.4, -0.2) is 34.4 Å². The fraction of sp³-hybridized carbons (Fsp3) is 0.238. The van der Waals surface area contributed by atoms with E-state index in [0.717, 1.165) is 29.3 Å². The molecule has 1 atom stereocenters. The Balaban J connectivity index is 1.73. The molecule has 6 nitrogen and oxygen atoms in total. The minimum atomic E-state index is -0.503. The molecule has 0 radical (unpaired) electrons. The Hall–Kier alpha value is -3.28. The first-order valence-corrected chi connectivity index (χ1v) is 9.11. The Bertz CT molecular complexity index is 988. The third kappa shape index (κ3) is 3.65. The summed E-state index contributed by atoms with van der Waals surface area (Å²) < 4.78 is 0. The average molecular weight is 360 g/mol. The Labute approximate surface area is 157 Å². The smallest absolute Gasteiger partial charge is 0.252 e. The molecular formula is C21H20N4O2. The maximum Gasteiger partial charge on any atom is 0.252 e. The van der Waals surface area contributed by atoms with Gasteiger partial charge in [0.15, 0.2) is 0 Å². The van der Waals surface area contributed by atoms with E-state index < -0.39 is 6.04 Å². The van der Waals surface area contributed by atoms with Crippen molar-refractivity contribution in [3.05, 3.63) is 60.4 Å². The van der Waals surface area contributed by atoms with Crippen LogP contribution in [-0.2, 0) is 4.79 Å². The largest absolute Gasteiger partial charge is 0.354 e. The van der Waals surface area contributed by atoms with E-state index in [2.05, 4.69) is 20.6 Å². The molecule has 0 spiro atoms. The maximum absolute atomic E-state index is 13.0. The predicted molar refractivity (Wildman–Crippen MR) is 103 cm³/mol. The second-order valence-corrected chi connectivity index (χ2v) is 6.62. The van der Waals surface area contributed by atoms with E-state index >= 15 is 0 Å². The van der Waals surface area contributed by atoms with Gasteiger partial charge in [-0.3, -0.25) is 14.6 Å². The molecule has 1 unspecified atom stereocenters. The Morgan fingerprint density at radius 1 is 1.11 bits per heavy atom. The fourth-order valence-electron chi connectivity index (χ4n) is 3.35. The number of aromatic nitrogens is 2. The number of amides is 2. The number of fused-ring (bicyclic) bond motifs is 1. The Morgan fingerprint density at radius 2 is 1.93 bits per heavy atom. The topological polar surface area (TPSA) is 84.0 Å². The molecule has 3 aromatic rings. The second kappa shape index (κ2) is 7.53. The van der Waals surface area contributed by atoms with Crippen LogP contribution in [0.4, 0.5) is 0 Å². The van der Waals surface area contributed by atoms with Crippen molar-refractivity contribution in [2.45, 2.75) is 25.3 Å². The van der Waals surface area contributed by atoms with Crippen molar-refractivity contribution in [2.75, 3.05) is 6.54 Å². The number of pyridine rings is 2. The number of nitrogens with zero attached hydrogens (tertiary/aromatic N) is 2. The van der Waals surface area contributed by atoms with Crippen molar-refractivity contribution in [3.63, 3.8) is 0 Å². The van der Waals surface area contributed by atoms with Gasteiger partial charge in [0.25, 0.3) is 5.91 Å². The molecule has 1 aliphatic rings. The van der Waals surface area contributed by atoms with Crippen molar-refractivity contribution in [1.82, 2.24) is 20.6 Å². The average Bonchev–Trinajstić information content (AvgIpc) is 2.92. The normalized spacial score (nSPS) is 17.2. The number of carbonyl (C=O) groups is 2. The molecule has 2 N–H and O–H groups in total. The molecule has 3 heterocycles. The van der Waals surface area contributed by atoms with Crippen molar-refractivity contribution in [3.8, 4) is 11.3 Å². The third-order valence-electron chi connectivity index (χ3n) is 4.78. The van der Waals surface area contributed by atoms with Gasteiger partial charge in [0.1, 0.15) is 6.04 Å². The Kier molecular flexibility index (Phi) is 4.78. The predicted octanol–water partition coefficient (Wildman–Crippen LogP) is 2.70. The van der Waals surface area contributed by atoms with E-state index in [0.29, 0.717) is 24.2 Å². The van der Waals surface area contributed by atoms with Gasteiger partial charge in [-0.05, 0) is 43.5 Å². The van der Waals surface area contributed by atoms with E-state index in [1.54, 1.807) is 18.5 Å². The number of hydrogen-bond donors (Lipinski definition) is 2. The summed E-state index contributed by atoms with van der Waals surface area (Å²) >= 11 is 0. The lowest BCUT2D eigenvalue weighted by Crippen LogP contribution is -2.45. The number of rotatable bonds is 3. The van der Waals surface area contributed by atoms with Crippen molar-refractivity contribution >= 4 is 22.7 Å². The molecule has 1 fully saturated rings. The zero-order valence-corrected chi connectivity index (χ0v) is 14.8. The van der Waals surface area contributed by atoms with E-state index in [4.69, 9.17) is 0 Å². The summed E-state index contributed by atoms with van der Waals surface area (Å²) in [4.78, 5) is 33.9. The van der Waals surface area contributed by atoms with Crippen LogP contribution in [0.25, 0.3) is 22.2 Å². The van der Waals surface area contributed by atoms with Crippen LogP contribution >= 0.6 is 0 Å². The fourth-order valence-corrected chi connectivity index (χ4v) is 3.35. The van der Waals surface area contributed by atoms with Crippen LogP contribution in [0.3, 0.4) is 0 Å². The summed E-state index contributed by atoms with van der Waals surface area (Å²) in [5.74, 6) is -0.375. The molecule has 6 heteroatoms. The summed E-state index contributed by atoms with van der Waals surface area (Å²) in [6, 6.07) is 12.5. The van der Waals surface area contributed by atoms with Gasteiger partial charge in [0, 0.05) is 29.9 Å². The Morgan fingerprint density at radius 3 is 2.78 bits per heavy atom. The van der Waals surface area contributed by atoms with Gasteiger partial charge in [-0.25, -0.2) is 4.98 Å². The standard InChI is InChI=1S/C21H20N4O2/c26-20(25-18-7-3-4-10-23-21(18)27)16-13-19(14-8-11-22-12-9-14)24-17-6-2-1-5-15(16)17/h1-2,5-6,8-9,11-13,18H,3-4,7,10H2,(H,23,27)(H,25,26). The highest BCUT2D eigenvalue weighted by atomic mass is 16.2. The molecule has 27 heavy (non-hydrogen) atoms. The number of carbonyl (C=O) groups excluding carboxylic acids is 2. The van der Waals surface area contributed by atoms with Crippen LogP contribution in [0.1, 0.15) is 29.6 Å². The number of nitrogens with one attached hydrogen (secondary N) is 2. The summed E-state index contributed by atoms with van der Waals surface area (Å²) in [5, 5.41) is 6.52. The van der Waals surface area contributed by atoms with Gasteiger partial charge in [-0.1, -0.05) is 18.2 Å². The second-order valence-electron chi connectivity index (χ2n) is 6.62. The van der Waals surface area contributed by atoms with E-state index in [1.165, 1.54) is 0 Å². The first-order chi connectivity index (χ1) is 13.2. The monoisotopic (exact) mass is 360 g/mol. The van der Waals surface area contributed by atoms with Gasteiger partial charge >= 0.3 is 0 Å². The van der Waals surface area contributed by atoms with Crippen molar-refractivity contribution in [2.24, 2.45) is 0 Å². The third-order valence-corrected chi connectivity index (χ3v) is 4.78. The minimum absolute atomic E-state index is 0.117. The lowest BCUT2D eigenvalue weighted by molar-refractivity contribution is -0.122. The van der Waals surface area contributed by atoms with E-state index in [-0.39, 0.29) is 11.8 Å². The summed E-state index contributed by atoms with van der Waals surface area (Å²) in [6.07, 6.45) is 5.88. The quantitative estimate of drug-likeness (QED) is 0.752. The van der Waals surface area contributed by atoms with Gasteiger partial charge < -0.3 is 10.6 Å². The lowest BCUT2D eigenvalue weighted by atomic mass is 10.0. The molecule has 0 bridgehead atoms. The molecular weight excluding hydrogens is 340 g/mol. The van der Waals surface area contributed by atoms with Gasteiger partial charge in [0.05, 0.1) is 16.8 Å². The number of hydrogen-bond acceptors (Lipinski definition) is 4. The van der Waals surface area contributed by atoms with E-state index in [9.17, 15) is 9.59 Å². The van der Waals surface area contributed by atoms with Crippen LogP contribution in [0, 0.1) is 0 Å². The zero-order chi connectivity index (χ0) is 18.6. The molecule has 0 aliphatic carbocycles. The van der Waals surface area contributed by atoms with Crippen LogP contribution < -0.4 is 10.6 Å². The number of benzene rings is 1. The molecule has 2 aromatic heterocycles. The lowest BCUT2D eigenvalue weighted by Gasteiger charge is -2.16. The van der Waals surface area contributed by atoms with Gasteiger partial charge in [0.2, 0.25) is 5.91 Å². The molecule has 136 valence electrons. The molecule has 1 aromatic carbocycles. The highest BCUT2D eigenvalue weighted by molar-refractivity contribution is 6.08. The van der Waals surface area contributed by atoms with Crippen molar-refractivity contribution < 1.29 is 9.59 Å². The summed E-state index contributed by atoms with van der Waals surface area (Å²) in [5.41, 5.74) is 2.84. The molecule has 1 aliphatic heterocycles. The van der Waals surface area contributed by atoms with Crippen LogP contribution in [0.15, 0.2) is 54.9 Å². The maximum atomic E-state index is 13.0. The van der Waals surface area contributed by atoms with E-state index in [1.807, 2.05) is 36.4 Å².